The van der Waals surface area contributed by atoms with Crippen molar-refractivity contribution >= 4 is 11.9 Å². The standard InChI is InChI=1S/C13H15NO3/c15-12(16)8-3-9-1-4-10(5-2-9)13(17)14-11-6-7-11/h1-2,4-5,11H,3,6-8H2,(H,14,17)(H,15,16). The highest BCUT2D eigenvalue weighted by Crippen LogP contribution is 2.19. The van der Waals surface area contributed by atoms with Gasteiger partial charge in [0.1, 0.15) is 0 Å². The third kappa shape index (κ3) is 3.59. The van der Waals surface area contributed by atoms with Crippen molar-refractivity contribution in [2.45, 2.75) is 31.7 Å². The van der Waals surface area contributed by atoms with Crippen molar-refractivity contribution in [3.63, 3.8) is 0 Å². The lowest BCUT2D eigenvalue weighted by atomic mass is 10.1. The number of carboxylic acid groups (broad SMARTS) is 1. The van der Waals surface area contributed by atoms with Crippen molar-refractivity contribution < 1.29 is 14.7 Å². The van der Waals surface area contributed by atoms with Crippen molar-refractivity contribution in [3.8, 4) is 0 Å². The fraction of sp³-hybridized carbons (Fsp3) is 0.385. The Hall–Kier alpha value is -1.84. The van der Waals surface area contributed by atoms with E-state index in [-0.39, 0.29) is 12.3 Å². The summed E-state index contributed by atoms with van der Waals surface area (Å²) in [7, 11) is 0. The van der Waals surface area contributed by atoms with E-state index in [9.17, 15) is 9.59 Å². The zero-order valence-corrected chi connectivity index (χ0v) is 9.48. The minimum Gasteiger partial charge on any atom is -0.481 e. The number of benzene rings is 1. The molecule has 1 aliphatic carbocycles. The summed E-state index contributed by atoms with van der Waals surface area (Å²) in [4.78, 5) is 22.1. The molecule has 4 nitrogen and oxygen atoms in total. The van der Waals surface area contributed by atoms with Crippen molar-refractivity contribution in [3.05, 3.63) is 35.4 Å². The van der Waals surface area contributed by atoms with Gasteiger partial charge in [-0.25, -0.2) is 0 Å². The second-order valence-electron chi connectivity index (χ2n) is 4.34. The minimum atomic E-state index is -0.805. The molecule has 1 aromatic rings. The molecule has 0 atom stereocenters. The lowest BCUT2D eigenvalue weighted by Crippen LogP contribution is -2.25. The van der Waals surface area contributed by atoms with Gasteiger partial charge < -0.3 is 10.4 Å². The Bertz CT molecular complexity index is 421. The number of carbonyl (C=O) groups is 2. The predicted molar refractivity (Wildman–Crippen MR) is 62.9 cm³/mol. The molecule has 4 heteroatoms. The molecule has 0 aromatic heterocycles. The van der Waals surface area contributed by atoms with Crippen LogP contribution < -0.4 is 5.32 Å². The summed E-state index contributed by atoms with van der Waals surface area (Å²) in [6, 6.07) is 7.47. The highest BCUT2D eigenvalue weighted by Gasteiger charge is 2.23. The van der Waals surface area contributed by atoms with E-state index in [2.05, 4.69) is 5.32 Å². The lowest BCUT2D eigenvalue weighted by molar-refractivity contribution is -0.136. The van der Waals surface area contributed by atoms with Crippen LogP contribution in [0.3, 0.4) is 0 Å². The summed E-state index contributed by atoms with van der Waals surface area (Å²) >= 11 is 0. The Labute approximate surface area is 99.6 Å². The van der Waals surface area contributed by atoms with Crippen LogP contribution in [0, 0.1) is 0 Å². The van der Waals surface area contributed by atoms with E-state index in [0.717, 1.165) is 18.4 Å². The molecule has 1 saturated carbocycles. The van der Waals surface area contributed by atoms with E-state index < -0.39 is 5.97 Å². The maximum Gasteiger partial charge on any atom is 0.303 e. The number of carbonyl (C=O) groups excluding carboxylic acids is 1. The molecule has 90 valence electrons. The molecule has 0 spiro atoms. The number of carboxylic acids is 1. The molecule has 1 aromatic carbocycles. The Kier molecular flexibility index (Phi) is 3.42. The molecule has 0 saturated heterocycles. The minimum absolute atomic E-state index is 0.0442. The third-order valence-electron chi connectivity index (χ3n) is 2.76. The van der Waals surface area contributed by atoms with E-state index in [1.54, 1.807) is 12.1 Å². The number of aliphatic carboxylic acids is 1. The Morgan fingerprint density at radius 1 is 1.24 bits per heavy atom. The lowest BCUT2D eigenvalue weighted by Gasteiger charge is -2.04. The molecule has 1 amide bonds. The van der Waals surface area contributed by atoms with Crippen LogP contribution in [-0.2, 0) is 11.2 Å². The highest BCUT2D eigenvalue weighted by molar-refractivity contribution is 5.94. The second kappa shape index (κ2) is 4.99. The van der Waals surface area contributed by atoms with Gasteiger partial charge in [-0.15, -0.1) is 0 Å². The van der Waals surface area contributed by atoms with Gasteiger partial charge in [-0.2, -0.15) is 0 Å². The number of nitrogens with one attached hydrogen (secondary N) is 1. The zero-order valence-electron chi connectivity index (χ0n) is 9.48. The van der Waals surface area contributed by atoms with Crippen LogP contribution in [-0.4, -0.2) is 23.0 Å². The van der Waals surface area contributed by atoms with Gasteiger partial charge in [-0.3, -0.25) is 9.59 Å². The first-order chi connectivity index (χ1) is 8.15. The van der Waals surface area contributed by atoms with Crippen molar-refractivity contribution in [1.82, 2.24) is 5.32 Å². The van der Waals surface area contributed by atoms with Crippen LogP contribution in [0.2, 0.25) is 0 Å². The van der Waals surface area contributed by atoms with E-state index in [4.69, 9.17) is 5.11 Å². The van der Waals surface area contributed by atoms with Crippen LogP contribution >= 0.6 is 0 Å². The number of aryl methyl sites for hydroxylation is 1. The number of hydrogen-bond donors (Lipinski definition) is 2. The first kappa shape index (κ1) is 11.6. The zero-order chi connectivity index (χ0) is 12.3. The number of rotatable bonds is 5. The molecular weight excluding hydrogens is 218 g/mol. The van der Waals surface area contributed by atoms with Gasteiger partial charge in [0.2, 0.25) is 0 Å². The topological polar surface area (TPSA) is 66.4 Å². The predicted octanol–water partition coefficient (Wildman–Crippen LogP) is 1.60. The van der Waals surface area contributed by atoms with Crippen LogP contribution in [0.15, 0.2) is 24.3 Å². The van der Waals surface area contributed by atoms with Gasteiger partial charge in [-0.05, 0) is 37.0 Å². The second-order valence-corrected chi connectivity index (χ2v) is 4.34. The van der Waals surface area contributed by atoms with Gasteiger partial charge in [0.25, 0.3) is 5.91 Å². The van der Waals surface area contributed by atoms with E-state index in [0.29, 0.717) is 18.0 Å². The molecule has 1 fully saturated rings. The third-order valence-corrected chi connectivity index (χ3v) is 2.76. The molecule has 1 aliphatic rings. The molecule has 0 radical (unpaired) electrons. The summed E-state index contributed by atoms with van der Waals surface area (Å²) in [6.07, 6.45) is 2.76. The fourth-order valence-corrected chi connectivity index (χ4v) is 1.57. The van der Waals surface area contributed by atoms with E-state index in [1.807, 2.05) is 12.1 Å². The van der Waals surface area contributed by atoms with Crippen LogP contribution in [0.1, 0.15) is 35.2 Å². The largest absolute Gasteiger partial charge is 0.481 e. The van der Waals surface area contributed by atoms with Crippen molar-refractivity contribution in [1.29, 1.82) is 0 Å². The monoisotopic (exact) mass is 233 g/mol. The van der Waals surface area contributed by atoms with E-state index >= 15 is 0 Å². The normalized spacial score (nSPS) is 14.4. The highest BCUT2D eigenvalue weighted by atomic mass is 16.4. The summed E-state index contributed by atoms with van der Waals surface area (Å²) in [6.45, 7) is 0. The van der Waals surface area contributed by atoms with Gasteiger partial charge >= 0.3 is 5.97 Å². The Morgan fingerprint density at radius 2 is 1.88 bits per heavy atom. The van der Waals surface area contributed by atoms with E-state index in [1.165, 1.54) is 0 Å². The molecule has 0 unspecified atom stereocenters. The van der Waals surface area contributed by atoms with Gasteiger partial charge in [0.15, 0.2) is 0 Å². The van der Waals surface area contributed by atoms with Gasteiger partial charge in [-0.1, -0.05) is 12.1 Å². The summed E-state index contributed by atoms with van der Waals surface area (Å²) < 4.78 is 0. The van der Waals surface area contributed by atoms with Crippen LogP contribution in [0.25, 0.3) is 0 Å². The molecular formula is C13H15NO3. The molecule has 2 N–H and O–H groups in total. The average molecular weight is 233 g/mol. The summed E-state index contributed by atoms with van der Waals surface area (Å²) in [5.74, 6) is -0.849. The summed E-state index contributed by atoms with van der Waals surface area (Å²) in [5, 5.41) is 11.5. The molecule has 0 aliphatic heterocycles. The SMILES string of the molecule is O=C(O)CCc1ccc(C(=O)NC2CC2)cc1. The van der Waals surface area contributed by atoms with Crippen molar-refractivity contribution in [2.75, 3.05) is 0 Å². The molecule has 2 rings (SSSR count). The summed E-state index contributed by atoms with van der Waals surface area (Å²) in [5.41, 5.74) is 1.58. The number of amides is 1. The average Bonchev–Trinajstić information content (AvgIpc) is 3.11. The first-order valence-corrected chi connectivity index (χ1v) is 5.77. The maximum atomic E-state index is 11.7. The van der Waals surface area contributed by atoms with Crippen LogP contribution in [0.4, 0.5) is 0 Å². The quantitative estimate of drug-likeness (QED) is 0.811. The molecule has 17 heavy (non-hydrogen) atoms. The fourth-order valence-electron chi connectivity index (χ4n) is 1.57. The smallest absolute Gasteiger partial charge is 0.303 e. The van der Waals surface area contributed by atoms with Gasteiger partial charge in [0, 0.05) is 18.0 Å². The first-order valence-electron chi connectivity index (χ1n) is 5.77. The van der Waals surface area contributed by atoms with Gasteiger partial charge in [0.05, 0.1) is 0 Å². The Balaban J connectivity index is 1.91. The van der Waals surface area contributed by atoms with Crippen molar-refractivity contribution in [2.24, 2.45) is 0 Å². The number of hydrogen-bond acceptors (Lipinski definition) is 2. The maximum absolute atomic E-state index is 11.7. The van der Waals surface area contributed by atoms with Crippen LogP contribution in [0.5, 0.6) is 0 Å². The molecule has 0 heterocycles. The Morgan fingerprint density at radius 3 is 2.41 bits per heavy atom. The molecule has 0 bridgehead atoms.